The highest BCUT2D eigenvalue weighted by Gasteiger charge is 2.26. The molecule has 0 unspecified atom stereocenters. The van der Waals surface area contributed by atoms with Crippen LogP contribution in [0.5, 0.6) is 17.2 Å². The van der Waals surface area contributed by atoms with E-state index < -0.39 is 0 Å². The molecule has 1 N–H and O–H groups in total. The summed E-state index contributed by atoms with van der Waals surface area (Å²) in [6, 6.07) is 14.6. The maximum atomic E-state index is 6.31. The van der Waals surface area contributed by atoms with Gasteiger partial charge in [0.2, 0.25) is 0 Å². The van der Waals surface area contributed by atoms with Crippen molar-refractivity contribution in [1.29, 1.82) is 0 Å². The van der Waals surface area contributed by atoms with E-state index in [-0.39, 0.29) is 24.8 Å². The molecule has 3 rings (SSSR count). The molecule has 1 heterocycles. The lowest BCUT2D eigenvalue weighted by Gasteiger charge is -2.36. The van der Waals surface area contributed by atoms with Crippen molar-refractivity contribution in [2.24, 2.45) is 0 Å². The first-order valence-electron chi connectivity index (χ1n) is 10.1. The zero-order valence-electron chi connectivity index (χ0n) is 18.1. The number of rotatable bonds is 9. The summed E-state index contributed by atoms with van der Waals surface area (Å²) in [5.74, 6) is 2.32. The highest BCUT2D eigenvalue weighted by Crippen LogP contribution is 2.41. The Kier molecular flexibility index (Phi) is 12.0. The smallest absolute Gasteiger partial charge is 0.164 e. The van der Waals surface area contributed by atoms with Gasteiger partial charge in [0.1, 0.15) is 12.4 Å². The molecule has 30 heavy (non-hydrogen) atoms. The van der Waals surface area contributed by atoms with Gasteiger partial charge in [0.05, 0.1) is 14.2 Å². The largest absolute Gasteiger partial charge is 0.493 e. The van der Waals surface area contributed by atoms with Gasteiger partial charge in [-0.25, -0.2) is 0 Å². The summed E-state index contributed by atoms with van der Waals surface area (Å²) in [7, 11) is 3.35. The Hall–Kier alpha value is -1.66. The van der Waals surface area contributed by atoms with Gasteiger partial charge in [-0.15, -0.1) is 24.8 Å². The van der Waals surface area contributed by atoms with E-state index in [2.05, 4.69) is 35.3 Å². The number of benzene rings is 2. The third kappa shape index (κ3) is 6.67. The van der Waals surface area contributed by atoms with Crippen LogP contribution in [0.15, 0.2) is 42.5 Å². The molecular weight excluding hydrogens is 423 g/mol. The van der Waals surface area contributed by atoms with Crippen molar-refractivity contribution in [1.82, 2.24) is 10.2 Å². The van der Waals surface area contributed by atoms with E-state index in [1.807, 2.05) is 24.3 Å². The fraction of sp³-hybridized carbons (Fsp3) is 0.478. The average molecular weight is 457 g/mol. The predicted molar refractivity (Wildman–Crippen MR) is 127 cm³/mol. The van der Waals surface area contributed by atoms with Gasteiger partial charge in [0.15, 0.2) is 11.5 Å². The molecule has 0 spiro atoms. The average Bonchev–Trinajstić information content (AvgIpc) is 2.77. The first kappa shape index (κ1) is 26.4. The molecule has 0 amide bonds. The summed E-state index contributed by atoms with van der Waals surface area (Å²) in [6.07, 6.45) is 2.19. The molecule has 168 valence electrons. The maximum absolute atomic E-state index is 6.31. The van der Waals surface area contributed by atoms with Crippen molar-refractivity contribution in [2.75, 3.05) is 40.4 Å². The van der Waals surface area contributed by atoms with Crippen LogP contribution in [0.3, 0.4) is 0 Å². The van der Waals surface area contributed by atoms with Gasteiger partial charge >= 0.3 is 0 Å². The summed E-state index contributed by atoms with van der Waals surface area (Å²) in [4.78, 5) is 2.55. The Balaban J connectivity index is 0.00000225. The molecule has 1 aliphatic heterocycles. The Bertz CT molecular complexity index is 741. The zero-order chi connectivity index (χ0) is 19.8. The second-order valence-electron chi connectivity index (χ2n) is 7.11. The van der Waals surface area contributed by atoms with E-state index in [0.29, 0.717) is 18.4 Å². The molecule has 7 heteroatoms. The quantitative estimate of drug-likeness (QED) is 0.582. The van der Waals surface area contributed by atoms with Crippen molar-refractivity contribution < 1.29 is 14.2 Å². The first-order valence-corrected chi connectivity index (χ1v) is 10.1. The van der Waals surface area contributed by atoms with E-state index in [0.717, 1.165) is 56.1 Å². The Morgan fingerprint density at radius 3 is 2.17 bits per heavy atom. The van der Waals surface area contributed by atoms with Crippen LogP contribution in [0.1, 0.15) is 36.9 Å². The van der Waals surface area contributed by atoms with Gasteiger partial charge in [-0.1, -0.05) is 43.7 Å². The molecule has 0 radical (unpaired) electrons. The summed E-state index contributed by atoms with van der Waals surface area (Å²) in [5, 5.41) is 3.45. The van der Waals surface area contributed by atoms with Crippen molar-refractivity contribution in [3.05, 3.63) is 53.6 Å². The zero-order valence-corrected chi connectivity index (χ0v) is 19.7. The molecule has 1 aliphatic rings. The van der Waals surface area contributed by atoms with Crippen LogP contribution >= 0.6 is 24.8 Å². The van der Waals surface area contributed by atoms with E-state index >= 15 is 0 Å². The molecule has 1 atom stereocenters. The molecule has 0 bridgehead atoms. The molecule has 0 aromatic heterocycles. The highest BCUT2D eigenvalue weighted by molar-refractivity contribution is 5.85. The van der Waals surface area contributed by atoms with Crippen LogP contribution in [0.25, 0.3) is 0 Å². The van der Waals surface area contributed by atoms with Crippen LogP contribution in [0.2, 0.25) is 0 Å². The molecule has 0 saturated carbocycles. The summed E-state index contributed by atoms with van der Waals surface area (Å²) in [5.41, 5.74) is 2.33. The third-order valence-corrected chi connectivity index (χ3v) is 5.27. The second-order valence-corrected chi connectivity index (χ2v) is 7.11. The maximum Gasteiger partial charge on any atom is 0.164 e. The number of ether oxygens (including phenoxy) is 3. The monoisotopic (exact) mass is 456 g/mol. The summed E-state index contributed by atoms with van der Waals surface area (Å²) < 4.78 is 17.4. The molecular formula is C23H34Cl2N2O3. The van der Waals surface area contributed by atoms with Gasteiger partial charge in [0, 0.05) is 43.9 Å². The minimum absolute atomic E-state index is 0. The highest BCUT2D eigenvalue weighted by atomic mass is 35.5. The van der Waals surface area contributed by atoms with Crippen LogP contribution in [-0.4, -0.2) is 45.3 Å². The van der Waals surface area contributed by atoms with Gasteiger partial charge in [-0.3, -0.25) is 4.90 Å². The summed E-state index contributed by atoms with van der Waals surface area (Å²) >= 11 is 0. The Morgan fingerprint density at radius 1 is 0.933 bits per heavy atom. The van der Waals surface area contributed by atoms with E-state index in [1.54, 1.807) is 14.2 Å². The molecule has 2 aromatic rings. The van der Waals surface area contributed by atoms with Crippen molar-refractivity contribution in [3.63, 3.8) is 0 Å². The number of methoxy groups -OCH3 is 2. The number of piperazine rings is 1. The SMILES string of the molecule is CCC[C@@H](c1cc(OC)c(OC)cc1OCc1ccccc1)N1CCNCC1.Cl.Cl. The molecule has 2 aromatic carbocycles. The fourth-order valence-corrected chi connectivity index (χ4v) is 3.80. The van der Waals surface area contributed by atoms with E-state index in [9.17, 15) is 0 Å². The number of hydrogen-bond acceptors (Lipinski definition) is 5. The minimum Gasteiger partial charge on any atom is -0.493 e. The predicted octanol–water partition coefficient (Wildman–Crippen LogP) is 4.87. The minimum atomic E-state index is 0. The summed E-state index contributed by atoms with van der Waals surface area (Å²) in [6.45, 7) is 6.89. The first-order chi connectivity index (χ1) is 13.8. The lowest BCUT2D eigenvalue weighted by Crippen LogP contribution is -2.45. The molecule has 5 nitrogen and oxygen atoms in total. The van der Waals surface area contributed by atoms with Crippen molar-refractivity contribution >= 4 is 24.8 Å². The lowest BCUT2D eigenvalue weighted by molar-refractivity contribution is 0.159. The number of nitrogens with one attached hydrogen (secondary N) is 1. The van der Waals surface area contributed by atoms with Crippen molar-refractivity contribution in [2.45, 2.75) is 32.4 Å². The van der Waals surface area contributed by atoms with Crippen molar-refractivity contribution in [3.8, 4) is 17.2 Å². The van der Waals surface area contributed by atoms with Crippen LogP contribution in [0.4, 0.5) is 0 Å². The van der Waals surface area contributed by atoms with Gasteiger partial charge < -0.3 is 19.5 Å². The van der Waals surface area contributed by atoms with Gasteiger partial charge in [-0.2, -0.15) is 0 Å². The van der Waals surface area contributed by atoms with Gasteiger partial charge in [0.25, 0.3) is 0 Å². The molecule has 0 aliphatic carbocycles. The van der Waals surface area contributed by atoms with Crippen LogP contribution < -0.4 is 19.5 Å². The third-order valence-electron chi connectivity index (χ3n) is 5.27. The lowest BCUT2D eigenvalue weighted by atomic mass is 9.98. The van der Waals surface area contributed by atoms with E-state index in [4.69, 9.17) is 14.2 Å². The number of halogens is 2. The molecule has 1 fully saturated rings. The Morgan fingerprint density at radius 2 is 1.57 bits per heavy atom. The number of nitrogens with zero attached hydrogens (tertiary/aromatic N) is 1. The van der Waals surface area contributed by atoms with Crippen LogP contribution in [-0.2, 0) is 6.61 Å². The second kappa shape index (κ2) is 13.6. The van der Waals surface area contributed by atoms with Crippen LogP contribution in [0, 0.1) is 0 Å². The van der Waals surface area contributed by atoms with Gasteiger partial charge in [-0.05, 0) is 18.1 Å². The standard InChI is InChI=1S/C23H32N2O3.2ClH/c1-4-8-20(25-13-11-24-12-14-25)19-15-22(26-2)23(27-3)16-21(19)28-17-18-9-6-5-7-10-18;;/h5-7,9-10,15-16,20,24H,4,8,11-14,17H2,1-3H3;2*1H/t20-;;/m0../s1. The topological polar surface area (TPSA) is 43.0 Å². The Labute approximate surface area is 192 Å². The molecule has 1 saturated heterocycles. The normalized spacial score (nSPS) is 14.8. The van der Waals surface area contributed by atoms with E-state index in [1.165, 1.54) is 5.56 Å². The fourth-order valence-electron chi connectivity index (χ4n) is 3.80. The number of hydrogen-bond donors (Lipinski definition) is 1.